The second-order valence-electron chi connectivity index (χ2n) is 6.95. The predicted molar refractivity (Wildman–Crippen MR) is 123 cm³/mol. The number of para-hydroxylation sites is 1. The van der Waals surface area contributed by atoms with Gasteiger partial charge in [-0.15, -0.1) is 0 Å². The SMILES string of the molecule is C/C(=N\NC(=S)NCCN1CCOCC1)c1ccc2c(c1)Nc1ccccc1S2. The fraction of sp³-hybridized carbons (Fsp3) is 0.333. The zero-order valence-corrected chi connectivity index (χ0v) is 18.0. The maximum absolute atomic E-state index is 5.36. The molecule has 0 aliphatic carbocycles. The molecule has 0 atom stereocenters. The fourth-order valence-electron chi connectivity index (χ4n) is 3.26. The van der Waals surface area contributed by atoms with Crippen molar-refractivity contribution in [1.82, 2.24) is 15.6 Å². The topological polar surface area (TPSA) is 60.9 Å². The number of fused-ring (bicyclic) bond motifs is 2. The van der Waals surface area contributed by atoms with Gasteiger partial charge in [0.2, 0.25) is 0 Å². The number of benzene rings is 2. The molecule has 6 nitrogen and oxygen atoms in total. The Morgan fingerprint density at radius 3 is 2.83 bits per heavy atom. The van der Waals surface area contributed by atoms with Gasteiger partial charge in [0.25, 0.3) is 0 Å². The molecule has 2 aliphatic rings. The molecule has 152 valence electrons. The summed E-state index contributed by atoms with van der Waals surface area (Å²) in [5, 5.41) is 11.7. The zero-order chi connectivity index (χ0) is 20.1. The lowest BCUT2D eigenvalue weighted by molar-refractivity contribution is 0.0389. The van der Waals surface area contributed by atoms with Gasteiger partial charge in [0.05, 0.1) is 30.3 Å². The first-order valence-electron chi connectivity index (χ1n) is 9.75. The molecular weight excluding hydrogens is 402 g/mol. The Balaban J connectivity index is 1.30. The number of nitrogens with one attached hydrogen (secondary N) is 3. The summed E-state index contributed by atoms with van der Waals surface area (Å²) in [5.74, 6) is 0. The van der Waals surface area contributed by atoms with Gasteiger partial charge >= 0.3 is 0 Å². The molecule has 0 aromatic heterocycles. The number of thiocarbonyl (C=S) groups is 1. The van der Waals surface area contributed by atoms with Gasteiger partial charge in [-0.1, -0.05) is 30.0 Å². The summed E-state index contributed by atoms with van der Waals surface area (Å²) in [4.78, 5) is 4.83. The zero-order valence-electron chi connectivity index (χ0n) is 16.4. The standard InChI is InChI=1S/C21H25N5OS2/c1-15(24-25-21(28)22-8-9-26-10-12-27-13-11-26)16-6-7-20-18(14-16)23-17-4-2-3-5-19(17)29-20/h2-7,14,23H,8-13H2,1H3,(H2,22,25,28)/b24-15+. The van der Waals surface area contributed by atoms with E-state index in [-0.39, 0.29) is 0 Å². The van der Waals surface area contributed by atoms with Crippen molar-refractivity contribution < 1.29 is 4.74 Å². The third kappa shape index (κ3) is 5.27. The summed E-state index contributed by atoms with van der Waals surface area (Å²) >= 11 is 7.12. The van der Waals surface area contributed by atoms with Crippen LogP contribution in [0.15, 0.2) is 57.4 Å². The van der Waals surface area contributed by atoms with Crippen molar-refractivity contribution in [3.05, 3.63) is 48.0 Å². The molecule has 3 N–H and O–H groups in total. The highest BCUT2D eigenvalue weighted by Crippen LogP contribution is 2.44. The molecule has 0 amide bonds. The lowest BCUT2D eigenvalue weighted by Crippen LogP contribution is -2.42. The minimum atomic E-state index is 0.540. The highest BCUT2D eigenvalue weighted by molar-refractivity contribution is 7.99. The molecule has 2 aliphatic heterocycles. The highest BCUT2D eigenvalue weighted by atomic mass is 32.2. The Bertz CT molecular complexity index is 912. The predicted octanol–water partition coefficient (Wildman–Crippen LogP) is 3.42. The van der Waals surface area contributed by atoms with Crippen molar-refractivity contribution in [3.8, 4) is 0 Å². The second kappa shape index (κ2) is 9.58. The Morgan fingerprint density at radius 2 is 1.97 bits per heavy atom. The first kappa shape index (κ1) is 20.2. The van der Waals surface area contributed by atoms with E-state index in [4.69, 9.17) is 17.0 Å². The molecule has 0 saturated carbocycles. The first-order valence-corrected chi connectivity index (χ1v) is 11.0. The Hall–Kier alpha value is -2.13. The van der Waals surface area contributed by atoms with Crippen molar-refractivity contribution in [2.24, 2.45) is 5.10 Å². The smallest absolute Gasteiger partial charge is 0.187 e. The van der Waals surface area contributed by atoms with Crippen LogP contribution in [0, 0.1) is 0 Å². The van der Waals surface area contributed by atoms with Crippen molar-refractivity contribution in [2.45, 2.75) is 16.7 Å². The van der Waals surface area contributed by atoms with E-state index in [1.165, 1.54) is 9.79 Å². The van der Waals surface area contributed by atoms with Gasteiger partial charge in [0.1, 0.15) is 0 Å². The largest absolute Gasteiger partial charge is 0.379 e. The Labute approximate surface area is 181 Å². The van der Waals surface area contributed by atoms with Crippen LogP contribution in [-0.2, 0) is 4.74 Å². The molecule has 8 heteroatoms. The first-order chi connectivity index (χ1) is 14.2. The number of ether oxygens (including phenoxy) is 1. The lowest BCUT2D eigenvalue weighted by atomic mass is 10.1. The summed E-state index contributed by atoms with van der Waals surface area (Å²) in [6, 6.07) is 14.7. The van der Waals surface area contributed by atoms with Crippen LogP contribution in [-0.4, -0.2) is 55.1 Å². The molecule has 4 rings (SSSR count). The molecule has 2 aromatic carbocycles. The normalized spacial score (nSPS) is 16.4. The van der Waals surface area contributed by atoms with E-state index >= 15 is 0 Å². The minimum absolute atomic E-state index is 0.540. The molecule has 1 fully saturated rings. The van der Waals surface area contributed by atoms with E-state index in [1.807, 2.05) is 13.0 Å². The van der Waals surface area contributed by atoms with Crippen LogP contribution in [0.2, 0.25) is 0 Å². The quantitative estimate of drug-likeness (QED) is 0.328. The van der Waals surface area contributed by atoms with E-state index in [1.54, 1.807) is 11.8 Å². The van der Waals surface area contributed by atoms with Crippen molar-refractivity contribution in [3.63, 3.8) is 0 Å². The maximum Gasteiger partial charge on any atom is 0.187 e. The molecule has 1 saturated heterocycles. The van der Waals surface area contributed by atoms with Crippen LogP contribution in [0.1, 0.15) is 12.5 Å². The van der Waals surface area contributed by atoms with Crippen molar-refractivity contribution in [1.29, 1.82) is 0 Å². The molecule has 2 aromatic rings. The van der Waals surface area contributed by atoms with Crippen LogP contribution in [0.5, 0.6) is 0 Å². The maximum atomic E-state index is 5.36. The monoisotopic (exact) mass is 427 g/mol. The van der Waals surface area contributed by atoms with Crippen molar-refractivity contribution >= 4 is 46.2 Å². The average Bonchev–Trinajstić information content (AvgIpc) is 2.76. The third-order valence-corrected chi connectivity index (χ3v) is 6.30. The fourth-order valence-corrected chi connectivity index (χ4v) is 4.37. The lowest BCUT2D eigenvalue weighted by Gasteiger charge is -2.26. The number of hydrogen-bond acceptors (Lipinski definition) is 6. The molecular formula is C21H25N5OS2. The molecule has 0 bridgehead atoms. The van der Waals surface area contributed by atoms with Crippen LogP contribution in [0.4, 0.5) is 11.4 Å². The summed E-state index contributed by atoms with van der Waals surface area (Å²) in [6.45, 7) is 7.30. The van der Waals surface area contributed by atoms with E-state index in [9.17, 15) is 0 Å². The van der Waals surface area contributed by atoms with Crippen LogP contribution >= 0.6 is 24.0 Å². The van der Waals surface area contributed by atoms with Crippen LogP contribution in [0.25, 0.3) is 0 Å². The Kier molecular flexibility index (Phi) is 6.66. The van der Waals surface area contributed by atoms with E-state index in [2.05, 4.69) is 62.5 Å². The van der Waals surface area contributed by atoms with Gasteiger partial charge in [-0.3, -0.25) is 10.3 Å². The summed E-state index contributed by atoms with van der Waals surface area (Å²) < 4.78 is 5.36. The van der Waals surface area contributed by atoms with E-state index in [0.29, 0.717) is 5.11 Å². The van der Waals surface area contributed by atoms with E-state index < -0.39 is 0 Å². The molecule has 0 radical (unpaired) electrons. The summed E-state index contributed by atoms with van der Waals surface area (Å²) in [6.07, 6.45) is 0. The van der Waals surface area contributed by atoms with Gasteiger partial charge in [0.15, 0.2) is 5.11 Å². The molecule has 0 spiro atoms. The average molecular weight is 428 g/mol. The number of anilines is 2. The number of hydrogen-bond donors (Lipinski definition) is 3. The van der Waals surface area contributed by atoms with Crippen LogP contribution in [0.3, 0.4) is 0 Å². The van der Waals surface area contributed by atoms with Crippen LogP contribution < -0.4 is 16.1 Å². The number of hydrazone groups is 1. The highest BCUT2D eigenvalue weighted by Gasteiger charge is 2.16. The summed E-state index contributed by atoms with van der Waals surface area (Å²) in [5.41, 5.74) is 7.14. The van der Waals surface area contributed by atoms with Gasteiger partial charge in [-0.05, 0) is 49.0 Å². The van der Waals surface area contributed by atoms with Gasteiger partial charge in [-0.2, -0.15) is 5.10 Å². The molecule has 29 heavy (non-hydrogen) atoms. The number of rotatable bonds is 5. The van der Waals surface area contributed by atoms with Crippen molar-refractivity contribution in [2.75, 3.05) is 44.7 Å². The molecule has 0 unspecified atom stereocenters. The van der Waals surface area contributed by atoms with E-state index in [0.717, 1.165) is 62.0 Å². The summed E-state index contributed by atoms with van der Waals surface area (Å²) in [7, 11) is 0. The van der Waals surface area contributed by atoms with Gasteiger partial charge in [-0.25, -0.2) is 0 Å². The number of morpholine rings is 1. The Morgan fingerprint density at radius 1 is 1.17 bits per heavy atom. The molecule has 2 heterocycles. The van der Waals surface area contributed by atoms with Gasteiger partial charge in [0, 0.05) is 36.0 Å². The minimum Gasteiger partial charge on any atom is -0.379 e. The third-order valence-electron chi connectivity index (χ3n) is 4.92. The van der Waals surface area contributed by atoms with Gasteiger partial charge < -0.3 is 15.4 Å². The second-order valence-corrected chi connectivity index (χ2v) is 8.45. The number of nitrogens with zero attached hydrogens (tertiary/aromatic N) is 2.